The van der Waals surface area contributed by atoms with Gasteiger partial charge in [0.1, 0.15) is 11.9 Å². The van der Waals surface area contributed by atoms with Gasteiger partial charge in [-0.2, -0.15) is 0 Å². The molecule has 0 unspecified atom stereocenters. The van der Waals surface area contributed by atoms with Crippen LogP contribution in [0.5, 0.6) is 0 Å². The molecule has 1 N–H and O–H groups in total. The molecule has 0 amide bonds. The van der Waals surface area contributed by atoms with Gasteiger partial charge in [-0.1, -0.05) is 0 Å². The molecule has 1 atom stereocenters. The lowest BCUT2D eigenvalue weighted by Gasteiger charge is -2.23. The van der Waals surface area contributed by atoms with Crippen molar-refractivity contribution >= 4 is 28.8 Å². The Hall–Kier alpha value is -1.55. The standard InChI is InChI=1S/C12H13ClN2O2/c1-14-11-7-15-3-2-10(11)12-5-8(16)4-9(6-13)17-12/h2-3,5,7,9,14H,4,6H2,1H3/t9-/m0/s1. The minimum absolute atomic E-state index is 0.0377. The zero-order valence-corrected chi connectivity index (χ0v) is 10.2. The van der Waals surface area contributed by atoms with E-state index in [2.05, 4.69) is 10.3 Å². The number of aromatic nitrogens is 1. The Morgan fingerprint density at radius 2 is 2.47 bits per heavy atom. The second-order valence-electron chi connectivity index (χ2n) is 3.74. The second kappa shape index (κ2) is 5.19. The topological polar surface area (TPSA) is 51.2 Å². The molecular formula is C12H13ClN2O2. The number of hydrogen-bond donors (Lipinski definition) is 1. The van der Waals surface area contributed by atoms with Gasteiger partial charge in [-0.25, -0.2) is 0 Å². The third-order valence-electron chi connectivity index (χ3n) is 2.54. The number of carbonyl (C=O) groups is 1. The van der Waals surface area contributed by atoms with Crippen LogP contribution in [-0.2, 0) is 9.53 Å². The number of hydrogen-bond acceptors (Lipinski definition) is 4. The van der Waals surface area contributed by atoms with Crippen LogP contribution in [-0.4, -0.2) is 29.8 Å². The molecule has 0 saturated heterocycles. The molecule has 0 saturated carbocycles. The minimum Gasteiger partial charge on any atom is -0.488 e. The van der Waals surface area contributed by atoms with E-state index in [1.54, 1.807) is 19.4 Å². The number of allylic oxidation sites excluding steroid dienone is 1. The summed E-state index contributed by atoms with van der Waals surface area (Å²) in [5.74, 6) is 0.901. The Morgan fingerprint density at radius 1 is 1.65 bits per heavy atom. The lowest BCUT2D eigenvalue weighted by Crippen LogP contribution is -2.23. The molecule has 5 heteroatoms. The fourth-order valence-electron chi connectivity index (χ4n) is 1.72. The molecule has 17 heavy (non-hydrogen) atoms. The molecule has 0 radical (unpaired) electrons. The van der Waals surface area contributed by atoms with E-state index in [0.717, 1.165) is 11.3 Å². The summed E-state index contributed by atoms with van der Waals surface area (Å²) in [5, 5.41) is 3.01. The van der Waals surface area contributed by atoms with Crippen molar-refractivity contribution in [3.63, 3.8) is 0 Å². The number of anilines is 1. The summed E-state index contributed by atoms with van der Waals surface area (Å²) in [7, 11) is 1.80. The summed E-state index contributed by atoms with van der Waals surface area (Å²) in [6, 6.07) is 1.81. The molecule has 1 aliphatic heterocycles. The molecule has 1 aromatic heterocycles. The molecule has 0 spiro atoms. The number of nitrogens with zero attached hydrogens (tertiary/aromatic N) is 1. The van der Waals surface area contributed by atoms with E-state index < -0.39 is 0 Å². The van der Waals surface area contributed by atoms with Crippen LogP contribution in [0, 0.1) is 0 Å². The maximum atomic E-state index is 11.6. The Morgan fingerprint density at radius 3 is 3.18 bits per heavy atom. The van der Waals surface area contributed by atoms with Crippen LogP contribution >= 0.6 is 11.6 Å². The van der Waals surface area contributed by atoms with E-state index in [9.17, 15) is 4.79 Å². The summed E-state index contributed by atoms with van der Waals surface area (Å²) in [4.78, 5) is 15.6. The van der Waals surface area contributed by atoms with Gasteiger partial charge in [-0.15, -0.1) is 11.6 Å². The Labute approximate surface area is 105 Å². The number of nitrogens with one attached hydrogen (secondary N) is 1. The SMILES string of the molecule is CNc1cnccc1C1=CC(=O)C[C@@H](CCl)O1. The van der Waals surface area contributed by atoms with Crippen LogP contribution in [0.4, 0.5) is 5.69 Å². The third kappa shape index (κ3) is 2.58. The van der Waals surface area contributed by atoms with Gasteiger partial charge in [0, 0.05) is 31.3 Å². The average Bonchev–Trinajstić information content (AvgIpc) is 2.37. The van der Waals surface area contributed by atoms with Crippen molar-refractivity contribution in [1.29, 1.82) is 0 Å². The van der Waals surface area contributed by atoms with Gasteiger partial charge in [-0.05, 0) is 6.07 Å². The zero-order valence-electron chi connectivity index (χ0n) is 9.44. The van der Waals surface area contributed by atoms with E-state index >= 15 is 0 Å². The number of alkyl halides is 1. The van der Waals surface area contributed by atoms with Gasteiger partial charge < -0.3 is 10.1 Å². The van der Waals surface area contributed by atoms with Crippen LogP contribution in [0.2, 0.25) is 0 Å². The molecule has 2 rings (SSSR count). The van der Waals surface area contributed by atoms with Gasteiger partial charge in [0.15, 0.2) is 5.78 Å². The monoisotopic (exact) mass is 252 g/mol. The quantitative estimate of drug-likeness (QED) is 0.837. The predicted octanol–water partition coefficient (Wildman–Crippen LogP) is 2.06. The van der Waals surface area contributed by atoms with Gasteiger partial charge in [0.2, 0.25) is 0 Å². The van der Waals surface area contributed by atoms with Crippen LogP contribution in [0.25, 0.3) is 5.76 Å². The summed E-state index contributed by atoms with van der Waals surface area (Å²) in [6.45, 7) is 0. The van der Waals surface area contributed by atoms with E-state index in [-0.39, 0.29) is 11.9 Å². The molecule has 0 aliphatic carbocycles. The first kappa shape index (κ1) is 11.9. The first-order chi connectivity index (χ1) is 8.24. The molecule has 2 heterocycles. The van der Waals surface area contributed by atoms with Crippen molar-refractivity contribution in [2.45, 2.75) is 12.5 Å². The fourth-order valence-corrected chi connectivity index (χ4v) is 1.89. The summed E-state index contributed by atoms with van der Waals surface area (Å²) < 4.78 is 5.68. The van der Waals surface area contributed by atoms with Gasteiger partial charge in [0.05, 0.1) is 17.8 Å². The van der Waals surface area contributed by atoms with Crippen molar-refractivity contribution in [2.75, 3.05) is 18.2 Å². The summed E-state index contributed by atoms with van der Waals surface area (Å²) in [5.41, 5.74) is 1.65. The molecule has 90 valence electrons. The number of halogens is 1. The van der Waals surface area contributed by atoms with E-state index in [1.807, 2.05) is 6.07 Å². The molecule has 4 nitrogen and oxygen atoms in total. The fraction of sp³-hybridized carbons (Fsp3) is 0.333. The van der Waals surface area contributed by atoms with Gasteiger partial charge in [-0.3, -0.25) is 9.78 Å². The van der Waals surface area contributed by atoms with Gasteiger partial charge in [0.25, 0.3) is 0 Å². The maximum absolute atomic E-state index is 11.6. The minimum atomic E-state index is -0.248. The van der Waals surface area contributed by atoms with Crippen LogP contribution in [0.15, 0.2) is 24.5 Å². The Balaban J connectivity index is 2.35. The predicted molar refractivity (Wildman–Crippen MR) is 67.0 cm³/mol. The first-order valence-corrected chi connectivity index (χ1v) is 5.87. The van der Waals surface area contributed by atoms with Crippen molar-refractivity contribution in [3.8, 4) is 0 Å². The highest BCUT2D eigenvalue weighted by Crippen LogP contribution is 2.28. The van der Waals surface area contributed by atoms with Crippen LogP contribution < -0.4 is 5.32 Å². The first-order valence-electron chi connectivity index (χ1n) is 5.34. The molecular weight excluding hydrogens is 240 g/mol. The van der Waals surface area contributed by atoms with Crippen molar-refractivity contribution in [3.05, 3.63) is 30.1 Å². The van der Waals surface area contributed by atoms with Crippen LogP contribution in [0.3, 0.4) is 0 Å². The highest BCUT2D eigenvalue weighted by molar-refractivity contribution is 6.18. The van der Waals surface area contributed by atoms with E-state index in [4.69, 9.17) is 16.3 Å². The van der Waals surface area contributed by atoms with E-state index in [0.29, 0.717) is 18.1 Å². The summed E-state index contributed by atoms with van der Waals surface area (Å²) in [6.07, 6.45) is 4.96. The molecule has 0 bridgehead atoms. The summed E-state index contributed by atoms with van der Waals surface area (Å²) >= 11 is 5.74. The third-order valence-corrected chi connectivity index (χ3v) is 2.89. The highest BCUT2D eigenvalue weighted by atomic mass is 35.5. The average molecular weight is 253 g/mol. The maximum Gasteiger partial charge on any atom is 0.163 e. The van der Waals surface area contributed by atoms with Crippen molar-refractivity contribution < 1.29 is 9.53 Å². The number of ketones is 1. The Kier molecular flexibility index (Phi) is 3.64. The molecule has 1 aromatic rings. The smallest absolute Gasteiger partial charge is 0.163 e. The second-order valence-corrected chi connectivity index (χ2v) is 4.05. The van der Waals surface area contributed by atoms with Crippen molar-refractivity contribution in [1.82, 2.24) is 4.98 Å². The molecule has 0 aromatic carbocycles. The van der Waals surface area contributed by atoms with Crippen molar-refractivity contribution in [2.24, 2.45) is 0 Å². The zero-order chi connectivity index (χ0) is 12.3. The van der Waals surface area contributed by atoms with E-state index in [1.165, 1.54) is 6.08 Å². The van der Waals surface area contributed by atoms with Crippen LogP contribution in [0.1, 0.15) is 12.0 Å². The highest BCUT2D eigenvalue weighted by Gasteiger charge is 2.23. The number of pyridine rings is 1. The number of ether oxygens (including phenoxy) is 1. The lowest BCUT2D eigenvalue weighted by molar-refractivity contribution is -0.117. The lowest BCUT2D eigenvalue weighted by atomic mass is 10.1. The normalized spacial score (nSPS) is 19.5. The number of rotatable bonds is 3. The largest absolute Gasteiger partial charge is 0.488 e. The van der Waals surface area contributed by atoms with Gasteiger partial charge >= 0.3 is 0 Å². The molecule has 1 aliphatic rings. The molecule has 0 fully saturated rings. The number of carbonyl (C=O) groups excluding carboxylic acids is 1. The Bertz CT molecular complexity index is 460.